The summed E-state index contributed by atoms with van der Waals surface area (Å²) in [5.41, 5.74) is 4.32. The molecule has 1 heterocycles. The third-order valence-corrected chi connectivity index (χ3v) is 6.37. The van der Waals surface area contributed by atoms with Crippen LogP contribution in [0.1, 0.15) is 59.5 Å². The standard InChI is InChI=1S/C25H25N3O6S/c1-14(19-13-35-22(21(19)29)15-6-9-17(10-7-15)25(2,3)4)26-27-23(30)16-8-11-18(24(31)34-5)20(12-16)28(32)33/h6-13,29H,1-5H3,(H,27,30)/b26-14-. The number of carbonyl (C=O) groups is 2. The SMILES string of the molecule is COC(=O)c1ccc(C(=O)N/N=C(/C)c2csc(-c3ccc(C(C)(C)C)cc3)c2O)cc1[N+](=O)[O-]. The summed E-state index contributed by atoms with van der Waals surface area (Å²) in [6.45, 7) is 8.00. The number of nitrogens with zero attached hydrogens (tertiary/aromatic N) is 2. The van der Waals surface area contributed by atoms with Crippen LogP contribution in [0.3, 0.4) is 0 Å². The van der Waals surface area contributed by atoms with Crippen molar-refractivity contribution in [1.82, 2.24) is 5.43 Å². The Morgan fingerprint density at radius 3 is 2.34 bits per heavy atom. The molecule has 182 valence electrons. The summed E-state index contributed by atoms with van der Waals surface area (Å²) >= 11 is 1.35. The van der Waals surface area contributed by atoms with Crippen molar-refractivity contribution in [2.24, 2.45) is 5.10 Å². The summed E-state index contributed by atoms with van der Waals surface area (Å²) in [4.78, 5) is 35.4. The highest BCUT2D eigenvalue weighted by molar-refractivity contribution is 7.14. The van der Waals surface area contributed by atoms with Crippen LogP contribution in [0.5, 0.6) is 5.75 Å². The van der Waals surface area contributed by atoms with Gasteiger partial charge in [-0.15, -0.1) is 11.3 Å². The maximum absolute atomic E-state index is 12.5. The predicted octanol–water partition coefficient (Wildman–Crippen LogP) is 5.27. The first-order valence-electron chi connectivity index (χ1n) is 10.6. The van der Waals surface area contributed by atoms with Crippen molar-refractivity contribution < 1.29 is 24.4 Å². The lowest BCUT2D eigenvalue weighted by atomic mass is 9.86. The molecule has 0 bridgehead atoms. The van der Waals surface area contributed by atoms with E-state index in [1.165, 1.54) is 23.0 Å². The number of hydrogen-bond donors (Lipinski definition) is 2. The lowest BCUT2D eigenvalue weighted by molar-refractivity contribution is -0.385. The van der Waals surface area contributed by atoms with Crippen LogP contribution in [0.25, 0.3) is 10.4 Å². The van der Waals surface area contributed by atoms with Gasteiger partial charge in [-0.3, -0.25) is 14.9 Å². The fourth-order valence-corrected chi connectivity index (χ4v) is 4.31. The number of thiophene rings is 1. The Balaban J connectivity index is 1.81. The first-order chi connectivity index (χ1) is 16.4. The Hall–Kier alpha value is -4.05. The van der Waals surface area contributed by atoms with Gasteiger partial charge in [-0.2, -0.15) is 5.10 Å². The summed E-state index contributed by atoms with van der Waals surface area (Å²) in [6.07, 6.45) is 0. The van der Waals surface area contributed by atoms with E-state index in [4.69, 9.17) is 0 Å². The van der Waals surface area contributed by atoms with Gasteiger partial charge in [0.05, 0.1) is 28.2 Å². The number of hydrazone groups is 1. The summed E-state index contributed by atoms with van der Waals surface area (Å²) in [5.74, 6) is -1.54. The molecule has 1 aromatic heterocycles. The number of rotatable bonds is 6. The molecular weight excluding hydrogens is 470 g/mol. The van der Waals surface area contributed by atoms with Crippen molar-refractivity contribution in [3.63, 3.8) is 0 Å². The van der Waals surface area contributed by atoms with E-state index < -0.39 is 22.5 Å². The average molecular weight is 496 g/mol. The largest absolute Gasteiger partial charge is 0.506 e. The van der Waals surface area contributed by atoms with E-state index in [0.717, 1.165) is 24.8 Å². The van der Waals surface area contributed by atoms with Crippen molar-refractivity contribution in [1.29, 1.82) is 0 Å². The third kappa shape index (κ3) is 5.55. The molecule has 0 atom stereocenters. The number of esters is 1. The maximum Gasteiger partial charge on any atom is 0.344 e. The van der Waals surface area contributed by atoms with Crippen LogP contribution in [-0.2, 0) is 10.2 Å². The normalized spacial score (nSPS) is 11.7. The van der Waals surface area contributed by atoms with Crippen molar-refractivity contribution in [2.45, 2.75) is 33.1 Å². The lowest BCUT2D eigenvalue weighted by Gasteiger charge is -2.19. The van der Waals surface area contributed by atoms with Crippen LogP contribution in [-0.4, -0.2) is 34.7 Å². The molecule has 35 heavy (non-hydrogen) atoms. The third-order valence-electron chi connectivity index (χ3n) is 5.35. The Bertz CT molecular complexity index is 1320. The second-order valence-electron chi connectivity index (χ2n) is 8.77. The molecular formula is C25H25N3O6S. The first-order valence-corrected chi connectivity index (χ1v) is 11.4. The molecule has 10 heteroatoms. The topological polar surface area (TPSA) is 131 Å². The number of nitro benzene ring substituents is 1. The van der Waals surface area contributed by atoms with Crippen molar-refractivity contribution in [3.05, 3.63) is 80.2 Å². The lowest BCUT2D eigenvalue weighted by Crippen LogP contribution is -2.20. The minimum absolute atomic E-state index is 0.0166. The fraction of sp³-hybridized carbons (Fsp3) is 0.240. The Kier molecular flexibility index (Phi) is 7.35. The van der Waals surface area contributed by atoms with Gasteiger partial charge >= 0.3 is 5.97 Å². The van der Waals surface area contributed by atoms with E-state index in [0.29, 0.717) is 16.2 Å². The number of nitro groups is 1. The number of methoxy groups -OCH3 is 1. The van der Waals surface area contributed by atoms with Gasteiger partial charge in [-0.25, -0.2) is 10.2 Å². The van der Waals surface area contributed by atoms with Crippen molar-refractivity contribution >= 4 is 34.6 Å². The smallest absolute Gasteiger partial charge is 0.344 e. The number of ether oxygens (including phenoxy) is 1. The zero-order valence-electron chi connectivity index (χ0n) is 19.9. The number of benzene rings is 2. The van der Waals surface area contributed by atoms with Crippen LogP contribution >= 0.6 is 11.3 Å². The van der Waals surface area contributed by atoms with Gasteiger partial charge in [0.1, 0.15) is 11.3 Å². The highest BCUT2D eigenvalue weighted by Crippen LogP contribution is 2.39. The monoisotopic (exact) mass is 495 g/mol. The zero-order valence-corrected chi connectivity index (χ0v) is 20.7. The number of carbonyl (C=O) groups excluding carboxylic acids is 2. The van der Waals surface area contributed by atoms with E-state index in [2.05, 4.69) is 36.0 Å². The molecule has 0 aliphatic carbocycles. The maximum atomic E-state index is 12.5. The van der Waals surface area contributed by atoms with Crippen molar-refractivity contribution in [3.8, 4) is 16.2 Å². The summed E-state index contributed by atoms with van der Waals surface area (Å²) in [6, 6.07) is 11.4. The molecule has 2 N–H and O–H groups in total. The van der Waals surface area contributed by atoms with Crippen LogP contribution in [0.15, 0.2) is 52.9 Å². The van der Waals surface area contributed by atoms with Gasteiger partial charge in [0.15, 0.2) is 0 Å². The Labute approximate surface area is 206 Å². The Morgan fingerprint density at radius 2 is 1.77 bits per heavy atom. The molecule has 0 fully saturated rings. The quantitative estimate of drug-likeness (QED) is 0.207. The minimum Gasteiger partial charge on any atom is -0.506 e. The second kappa shape index (κ2) is 10.1. The predicted molar refractivity (Wildman–Crippen MR) is 134 cm³/mol. The molecule has 0 saturated carbocycles. The molecule has 0 aliphatic heterocycles. The average Bonchev–Trinajstić information content (AvgIpc) is 3.22. The van der Waals surface area contributed by atoms with Gasteiger partial charge in [0, 0.05) is 17.0 Å². The summed E-state index contributed by atoms with van der Waals surface area (Å²) < 4.78 is 4.53. The Morgan fingerprint density at radius 1 is 1.11 bits per heavy atom. The van der Waals surface area contributed by atoms with Gasteiger partial charge in [-0.1, -0.05) is 45.0 Å². The molecule has 1 amide bonds. The second-order valence-corrected chi connectivity index (χ2v) is 9.65. The number of nitrogens with one attached hydrogen (secondary N) is 1. The molecule has 3 aromatic rings. The zero-order chi connectivity index (χ0) is 25.9. The molecule has 0 unspecified atom stereocenters. The molecule has 9 nitrogen and oxygen atoms in total. The van der Waals surface area contributed by atoms with Crippen LogP contribution in [0.4, 0.5) is 5.69 Å². The van der Waals surface area contributed by atoms with E-state index in [-0.39, 0.29) is 22.3 Å². The van der Waals surface area contributed by atoms with E-state index in [1.54, 1.807) is 12.3 Å². The first kappa shape index (κ1) is 25.6. The number of hydrogen-bond acceptors (Lipinski definition) is 8. The van der Waals surface area contributed by atoms with Crippen LogP contribution < -0.4 is 5.43 Å². The number of amides is 1. The van der Waals surface area contributed by atoms with Gasteiger partial charge in [-0.05, 0) is 35.6 Å². The molecule has 0 radical (unpaired) electrons. The van der Waals surface area contributed by atoms with E-state index in [1.807, 2.05) is 24.3 Å². The van der Waals surface area contributed by atoms with Gasteiger partial charge in [0.25, 0.3) is 11.6 Å². The van der Waals surface area contributed by atoms with Gasteiger partial charge in [0.2, 0.25) is 0 Å². The fourth-order valence-electron chi connectivity index (χ4n) is 3.30. The minimum atomic E-state index is -0.880. The molecule has 0 spiro atoms. The molecule has 0 saturated heterocycles. The summed E-state index contributed by atoms with van der Waals surface area (Å²) in [5, 5.41) is 27.8. The number of aromatic hydroxyl groups is 1. The molecule has 2 aromatic carbocycles. The highest BCUT2D eigenvalue weighted by atomic mass is 32.1. The summed E-state index contributed by atoms with van der Waals surface area (Å²) in [7, 11) is 1.11. The van der Waals surface area contributed by atoms with E-state index >= 15 is 0 Å². The van der Waals surface area contributed by atoms with Crippen molar-refractivity contribution in [2.75, 3.05) is 7.11 Å². The van der Waals surface area contributed by atoms with Crippen LogP contribution in [0.2, 0.25) is 0 Å². The van der Waals surface area contributed by atoms with E-state index in [9.17, 15) is 24.8 Å². The van der Waals surface area contributed by atoms with Gasteiger partial charge < -0.3 is 9.84 Å². The molecule has 3 rings (SSSR count). The highest BCUT2D eigenvalue weighted by Gasteiger charge is 2.23. The molecule has 0 aliphatic rings. The van der Waals surface area contributed by atoms with Crippen LogP contribution in [0, 0.1) is 10.1 Å².